The summed E-state index contributed by atoms with van der Waals surface area (Å²) in [6, 6.07) is 5.06. The Morgan fingerprint density at radius 3 is 2.36 bits per heavy atom. The Balaban J connectivity index is 2.30. The zero-order chi connectivity index (χ0) is 18.6. The number of non-ortho nitro benzene ring substituents is 1. The van der Waals surface area contributed by atoms with E-state index in [0.717, 1.165) is 19.3 Å². The highest BCUT2D eigenvalue weighted by Gasteiger charge is 2.35. The highest BCUT2D eigenvalue weighted by atomic mass is 32.2. The summed E-state index contributed by atoms with van der Waals surface area (Å²) in [5.41, 5.74) is 5.48. The first kappa shape index (κ1) is 19.8. The molecule has 2 rings (SSSR count). The van der Waals surface area contributed by atoms with E-state index < -0.39 is 14.9 Å². The van der Waals surface area contributed by atoms with Gasteiger partial charge in [-0.1, -0.05) is 13.8 Å². The second-order valence-electron chi connectivity index (χ2n) is 6.93. The van der Waals surface area contributed by atoms with Crippen molar-refractivity contribution < 1.29 is 13.3 Å². The largest absolute Gasteiger partial charge is 0.330 e. The van der Waals surface area contributed by atoms with Gasteiger partial charge in [-0.25, -0.2) is 8.42 Å². The van der Waals surface area contributed by atoms with Crippen LogP contribution in [0.25, 0.3) is 0 Å². The van der Waals surface area contributed by atoms with Crippen LogP contribution in [0.5, 0.6) is 0 Å². The Bertz CT molecular complexity index is 690. The van der Waals surface area contributed by atoms with Crippen molar-refractivity contribution in [2.45, 2.75) is 50.5 Å². The first-order valence-corrected chi connectivity index (χ1v) is 10.2. The van der Waals surface area contributed by atoms with E-state index in [1.165, 1.54) is 24.3 Å². The van der Waals surface area contributed by atoms with Gasteiger partial charge < -0.3 is 5.73 Å². The Morgan fingerprint density at radius 2 is 1.84 bits per heavy atom. The molecule has 0 saturated heterocycles. The molecule has 0 heterocycles. The minimum absolute atomic E-state index is 0.0436. The molecule has 1 aromatic rings. The first-order chi connectivity index (χ1) is 11.8. The predicted molar refractivity (Wildman–Crippen MR) is 96.6 cm³/mol. The highest BCUT2D eigenvalue weighted by molar-refractivity contribution is 7.89. The summed E-state index contributed by atoms with van der Waals surface area (Å²) in [5, 5.41) is 10.8. The molecule has 0 aromatic heterocycles. The number of rotatable bonds is 7. The second kappa shape index (κ2) is 8.25. The van der Waals surface area contributed by atoms with Crippen molar-refractivity contribution in [3.63, 3.8) is 0 Å². The van der Waals surface area contributed by atoms with Crippen molar-refractivity contribution in [2.24, 2.45) is 17.6 Å². The standard InChI is InChI=1S/C17H27N3O4S/c1-13-4-5-16(12-14(13)2)19(11-3-10-18)25(23,24)17-8-6-15(7-9-17)20(21)22/h6-9,13-14,16H,3-5,10-12,18H2,1-2H3. The molecule has 0 spiro atoms. The van der Waals surface area contributed by atoms with E-state index in [9.17, 15) is 18.5 Å². The number of sulfonamides is 1. The van der Waals surface area contributed by atoms with Gasteiger partial charge in [-0.3, -0.25) is 10.1 Å². The van der Waals surface area contributed by atoms with Crippen LogP contribution in [0.4, 0.5) is 5.69 Å². The quantitative estimate of drug-likeness (QED) is 0.587. The fourth-order valence-corrected chi connectivity index (χ4v) is 5.11. The van der Waals surface area contributed by atoms with Crippen molar-refractivity contribution in [2.75, 3.05) is 13.1 Å². The number of hydrogen-bond acceptors (Lipinski definition) is 5. The monoisotopic (exact) mass is 369 g/mol. The molecule has 0 radical (unpaired) electrons. The van der Waals surface area contributed by atoms with Crippen molar-refractivity contribution in [3.05, 3.63) is 34.4 Å². The molecule has 3 atom stereocenters. The van der Waals surface area contributed by atoms with Gasteiger partial charge in [0, 0.05) is 24.7 Å². The molecule has 1 fully saturated rings. The normalized spacial score (nSPS) is 24.4. The summed E-state index contributed by atoms with van der Waals surface area (Å²) in [5.74, 6) is 1.06. The zero-order valence-corrected chi connectivity index (χ0v) is 15.6. The van der Waals surface area contributed by atoms with Gasteiger partial charge in [0.1, 0.15) is 0 Å². The van der Waals surface area contributed by atoms with E-state index in [0.29, 0.717) is 31.3 Å². The van der Waals surface area contributed by atoms with Crippen LogP contribution in [-0.4, -0.2) is 36.8 Å². The summed E-state index contributed by atoms with van der Waals surface area (Å²) in [4.78, 5) is 10.3. The molecule has 1 aliphatic rings. The van der Waals surface area contributed by atoms with Crippen LogP contribution < -0.4 is 5.73 Å². The molecule has 2 N–H and O–H groups in total. The van der Waals surface area contributed by atoms with Crippen LogP contribution >= 0.6 is 0 Å². The van der Waals surface area contributed by atoms with Crippen LogP contribution in [0.2, 0.25) is 0 Å². The first-order valence-electron chi connectivity index (χ1n) is 8.73. The van der Waals surface area contributed by atoms with Crippen molar-refractivity contribution in [1.82, 2.24) is 4.31 Å². The molecule has 3 unspecified atom stereocenters. The minimum Gasteiger partial charge on any atom is -0.330 e. The van der Waals surface area contributed by atoms with E-state index in [4.69, 9.17) is 5.73 Å². The molecule has 1 saturated carbocycles. The molecule has 1 aromatic carbocycles. The van der Waals surface area contributed by atoms with E-state index in [-0.39, 0.29) is 16.6 Å². The molecular formula is C17H27N3O4S. The topological polar surface area (TPSA) is 107 Å². The van der Waals surface area contributed by atoms with Crippen LogP contribution in [0.1, 0.15) is 39.5 Å². The highest BCUT2D eigenvalue weighted by Crippen LogP contribution is 2.34. The lowest BCUT2D eigenvalue weighted by molar-refractivity contribution is -0.384. The van der Waals surface area contributed by atoms with E-state index in [1.807, 2.05) is 0 Å². The van der Waals surface area contributed by atoms with Crippen molar-refractivity contribution in [3.8, 4) is 0 Å². The zero-order valence-electron chi connectivity index (χ0n) is 14.8. The fraction of sp³-hybridized carbons (Fsp3) is 0.647. The van der Waals surface area contributed by atoms with Crippen LogP contribution in [-0.2, 0) is 10.0 Å². The van der Waals surface area contributed by atoms with Gasteiger partial charge in [-0.2, -0.15) is 4.31 Å². The average molecular weight is 369 g/mol. The van der Waals surface area contributed by atoms with Gasteiger partial charge in [0.25, 0.3) is 5.69 Å². The lowest BCUT2D eigenvalue weighted by atomic mass is 9.79. The van der Waals surface area contributed by atoms with Crippen molar-refractivity contribution in [1.29, 1.82) is 0 Å². The summed E-state index contributed by atoms with van der Waals surface area (Å²) >= 11 is 0. The summed E-state index contributed by atoms with van der Waals surface area (Å²) < 4.78 is 27.8. The van der Waals surface area contributed by atoms with Crippen LogP contribution in [0.3, 0.4) is 0 Å². The third-order valence-electron chi connectivity index (χ3n) is 5.21. The van der Waals surface area contributed by atoms with E-state index in [1.54, 1.807) is 4.31 Å². The number of hydrogen-bond donors (Lipinski definition) is 1. The molecule has 8 heteroatoms. The number of nitro benzene ring substituents is 1. The maximum absolute atomic E-state index is 13.1. The molecule has 1 aliphatic carbocycles. The predicted octanol–water partition coefficient (Wildman–Crippen LogP) is 2.76. The molecule has 140 valence electrons. The number of benzene rings is 1. The second-order valence-corrected chi connectivity index (χ2v) is 8.82. The van der Waals surface area contributed by atoms with Gasteiger partial charge in [0.2, 0.25) is 10.0 Å². The van der Waals surface area contributed by atoms with Crippen molar-refractivity contribution >= 4 is 15.7 Å². The Labute approximate surface area is 149 Å². The number of nitrogens with zero attached hydrogens (tertiary/aromatic N) is 2. The summed E-state index contributed by atoms with van der Waals surface area (Å²) in [7, 11) is -3.70. The third kappa shape index (κ3) is 4.56. The number of nitrogens with two attached hydrogens (primary N) is 1. The maximum Gasteiger partial charge on any atom is 0.269 e. The van der Waals surface area contributed by atoms with E-state index in [2.05, 4.69) is 13.8 Å². The third-order valence-corrected chi connectivity index (χ3v) is 7.18. The average Bonchev–Trinajstić information content (AvgIpc) is 2.58. The smallest absolute Gasteiger partial charge is 0.269 e. The Morgan fingerprint density at radius 1 is 1.20 bits per heavy atom. The van der Waals surface area contributed by atoms with Gasteiger partial charge >= 0.3 is 0 Å². The lowest BCUT2D eigenvalue weighted by Gasteiger charge is -2.38. The minimum atomic E-state index is -3.70. The molecule has 0 bridgehead atoms. The molecule has 0 aliphatic heterocycles. The molecular weight excluding hydrogens is 342 g/mol. The van der Waals surface area contributed by atoms with Crippen LogP contribution in [0, 0.1) is 22.0 Å². The fourth-order valence-electron chi connectivity index (χ4n) is 3.40. The SMILES string of the molecule is CC1CCC(N(CCCN)S(=O)(=O)c2ccc([N+](=O)[O-])cc2)CC1C. The molecule has 25 heavy (non-hydrogen) atoms. The molecule has 0 amide bonds. The van der Waals surface area contributed by atoms with E-state index >= 15 is 0 Å². The summed E-state index contributed by atoms with van der Waals surface area (Å²) in [6.45, 7) is 5.17. The van der Waals surface area contributed by atoms with Gasteiger partial charge in [0.05, 0.1) is 9.82 Å². The van der Waals surface area contributed by atoms with Crippen LogP contribution in [0.15, 0.2) is 29.2 Å². The lowest BCUT2D eigenvalue weighted by Crippen LogP contribution is -2.44. The van der Waals surface area contributed by atoms with Gasteiger partial charge in [-0.15, -0.1) is 0 Å². The number of nitro groups is 1. The Hall–Kier alpha value is -1.51. The summed E-state index contributed by atoms with van der Waals surface area (Å²) in [6.07, 6.45) is 3.26. The maximum atomic E-state index is 13.1. The van der Waals surface area contributed by atoms with Gasteiger partial charge in [0.15, 0.2) is 0 Å². The van der Waals surface area contributed by atoms with Gasteiger partial charge in [-0.05, 0) is 56.2 Å². The Kier molecular flexibility index (Phi) is 6.53. The molecule has 7 nitrogen and oxygen atoms in total.